The van der Waals surface area contributed by atoms with Crippen molar-refractivity contribution in [3.8, 4) is 5.88 Å². The summed E-state index contributed by atoms with van der Waals surface area (Å²) < 4.78 is 5.12. The van der Waals surface area contributed by atoms with Crippen LogP contribution in [0.1, 0.15) is 26.3 Å². The molecule has 1 N–H and O–H groups in total. The summed E-state index contributed by atoms with van der Waals surface area (Å²) in [6.07, 6.45) is 1.70. The lowest BCUT2D eigenvalue weighted by molar-refractivity contribution is -0.131. The number of hydrogen-bond donors (Lipinski definition) is 1. The van der Waals surface area contributed by atoms with Gasteiger partial charge in [-0.3, -0.25) is 4.79 Å². The normalized spacial score (nSPS) is 11.1. The van der Waals surface area contributed by atoms with E-state index in [1.807, 2.05) is 49.8 Å². The summed E-state index contributed by atoms with van der Waals surface area (Å²) >= 11 is 0. The van der Waals surface area contributed by atoms with Crippen LogP contribution in [-0.2, 0) is 11.3 Å². The minimum Gasteiger partial charge on any atom is -0.481 e. The first-order valence-electron chi connectivity index (χ1n) is 8.31. The first-order chi connectivity index (χ1) is 11.5. The second-order valence-electron chi connectivity index (χ2n) is 5.30. The van der Waals surface area contributed by atoms with E-state index in [1.165, 1.54) is 0 Å². The molecule has 1 amide bonds. The highest BCUT2D eigenvalue weighted by Crippen LogP contribution is 2.09. The molecule has 1 heterocycles. The van der Waals surface area contributed by atoms with E-state index in [4.69, 9.17) is 4.74 Å². The Balaban J connectivity index is 2.78. The number of aromatic nitrogens is 1. The summed E-state index contributed by atoms with van der Waals surface area (Å²) in [5.41, 5.74) is 1.00. The molecule has 0 fully saturated rings. The molecule has 0 aromatic carbocycles. The number of nitrogens with one attached hydrogen (secondary N) is 1. The van der Waals surface area contributed by atoms with Gasteiger partial charge >= 0.3 is 0 Å². The third-order valence-electron chi connectivity index (χ3n) is 3.60. The van der Waals surface area contributed by atoms with Crippen LogP contribution in [0.3, 0.4) is 0 Å². The van der Waals surface area contributed by atoms with E-state index in [-0.39, 0.29) is 5.91 Å². The number of pyridine rings is 1. The van der Waals surface area contributed by atoms with Crippen molar-refractivity contribution in [3.63, 3.8) is 0 Å². The fourth-order valence-electron chi connectivity index (χ4n) is 2.25. The number of aliphatic imine (C=N–C) groups is 1. The highest BCUT2D eigenvalue weighted by Gasteiger charge is 2.14. The number of nitrogens with zero attached hydrogens (tertiary/aromatic N) is 4. The van der Waals surface area contributed by atoms with Gasteiger partial charge in [-0.15, -0.1) is 0 Å². The number of rotatable bonds is 8. The minimum atomic E-state index is 0.0960. The first-order valence-corrected chi connectivity index (χ1v) is 8.31. The van der Waals surface area contributed by atoms with Crippen LogP contribution in [0.4, 0.5) is 0 Å². The lowest BCUT2D eigenvalue weighted by Gasteiger charge is -2.25. The Hall–Kier alpha value is -2.31. The van der Waals surface area contributed by atoms with Crippen molar-refractivity contribution in [3.05, 3.63) is 23.9 Å². The Morgan fingerprint density at radius 2 is 2.04 bits per heavy atom. The van der Waals surface area contributed by atoms with E-state index < -0.39 is 0 Å². The highest BCUT2D eigenvalue weighted by molar-refractivity contribution is 5.86. The van der Waals surface area contributed by atoms with Gasteiger partial charge in [0.25, 0.3) is 0 Å². The van der Waals surface area contributed by atoms with Gasteiger partial charge in [0.2, 0.25) is 11.8 Å². The summed E-state index contributed by atoms with van der Waals surface area (Å²) in [4.78, 5) is 24.6. The van der Waals surface area contributed by atoms with Crippen molar-refractivity contribution in [2.24, 2.45) is 4.99 Å². The van der Waals surface area contributed by atoms with E-state index in [1.54, 1.807) is 13.3 Å². The number of methoxy groups -OCH3 is 1. The second-order valence-corrected chi connectivity index (χ2v) is 5.30. The molecule has 0 radical (unpaired) electrons. The van der Waals surface area contributed by atoms with E-state index in [2.05, 4.69) is 15.3 Å². The molecule has 0 saturated carbocycles. The monoisotopic (exact) mass is 335 g/mol. The molecule has 0 spiro atoms. The zero-order valence-electron chi connectivity index (χ0n) is 15.4. The highest BCUT2D eigenvalue weighted by atomic mass is 16.5. The molecular formula is C17H29N5O2. The molecule has 1 rings (SSSR count). The van der Waals surface area contributed by atoms with Gasteiger partial charge in [-0.2, -0.15) is 0 Å². The number of guanidine groups is 1. The predicted molar refractivity (Wildman–Crippen MR) is 96.2 cm³/mol. The second kappa shape index (κ2) is 10.5. The van der Waals surface area contributed by atoms with Gasteiger partial charge in [0, 0.05) is 38.9 Å². The fraction of sp³-hybridized carbons (Fsp3) is 0.588. The SMILES string of the molecule is CCNC(=NCc1ccnc(OC)c1)N(C)CC(=O)N(CC)CC. The summed E-state index contributed by atoms with van der Waals surface area (Å²) in [6, 6.07) is 3.75. The van der Waals surface area contributed by atoms with Crippen molar-refractivity contribution in [1.82, 2.24) is 20.1 Å². The Morgan fingerprint density at radius 3 is 2.62 bits per heavy atom. The average molecular weight is 335 g/mol. The van der Waals surface area contributed by atoms with Crippen LogP contribution >= 0.6 is 0 Å². The largest absolute Gasteiger partial charge is 0.481 e. The standard InChI is InChI=1S/C17H29N5O2/c1-6-18-17(21(4)13-16(23)22(7-2)8-3)20-12-14-9-10-19-15(11-14)24-5/h9-11H,6-8,12-13H2,1-5H3,(H,18,20). The van der Waals surface area contributed by atoms with E-state index in [0.717, 1.165) is 12.1 Å². The molecule has 0 aliphatic heterocycles. The molecule has 134 valence electrons. The molecule has 0 atom stereocenters. The zero-order chi connectivity index (χ0) is 17.9. The van der Waals surface area contributed by atoms with Gasteiger partial charge in [0.15, 0.2) is 5.96 Å². The van der Waals surface area contributed by atoms with Gasteiger partial charge in [0.1, 0.15) is 0 Å². The molecule has 7 heteroatoms. The lowest BCUT2D eigenvalue weighted by Crippen LogP contribution is -2.45. The van der Waals surface area contributed by atoms with Gasteiger partial charge in [-0.1, -0.05) is 0 Å². The van der Waals surface area contributed by atoms with Crippen molar-refractivity contribution in [2.75, 3.05) is 40.3 Å². The Bertz CT molecular complexity index is 544. The molecule has 0 bridgehead atoms. The van der Waals surface area contributed by atoms with E-state index in [9.17, 15) is 4.79 Å². The molecule has 0 aliphatic rings. The average Bonchev–Trinajstić information content (AvgIpc) is 2.59. The Kier molecular flexibility index (Phi) is 8.60. The van der Waals surface area contributed by atoms with Crippen LogP contribution < -0.4 is 10.1 Å². The first kappa shape index (κ1) is 19.7. The zero-order valence-corrected chi connectivity index (χ0v) is 15.4. The van der Waals surface area contributed by atoms with Gasteiger partial charge in [-0.05, 0) is 32.4 Å². The molecule has 0 unspecified atom stereocenters. The van der Waals surface area contributed by atoms with Crippen LogP contribution in [0.2, 0.25) is 0 Å². The smallest absolute Gasteiger partial charge is 0.242 e. The summed E-state index contributed by atoms with van der Waals surface area (Å²) in [5.74, 6) is 1.37. The lowest BCUT2D eigenvalue weighted by atomic mass is 10.3. The van der Waals surface area contributed by atoms with E-state index in [0.29, 0.717) is 38.0 Å². The summed E-state index contributed by atoms with van der Waals surface area (Å²) in [5, 5.41) is 3.22. The number of amides is 1. The Morgan fingerprint density at radius 1 is 1.33 bits per heavy atom. The molecule has 0 saturated heterocycles. The van der Waals surface area contributed by atoms with Crippen LogP contribution in [0.5, 0.6) is 5.88 Å². The van der Waals surface area contributed by atoms with Crippen LogP contribution in [0.15, 0.2) is 23.3 Å². The van der Waals surface area contributed by atoms with Gasteiger partial charge < -0.3 is 19.9 Å². The molecule has 7 nitrogen and oxygen atoms in total. The van der Waals surface area contributed by atoms with Gasteiger partial charge in [0.05, 0.1) is 20.2 Å². The maximum absolute atomic E-state index is 12.3. The minimum absolute atomic E-state index is 0.0960. The molecule has 24 heavy (non-hydrogen) atoms. The van der Waals surface area contributed by atoms with Crippen molar-refractivity contribution < 1.29 is 9.53 Å². The molecule has 0 aliphatic carbocycles. The topological polar surface area (TPSA) is 70.1 Å². The van der Waals surface area contributed by atoms with Crippen molar-refractivity contribution >= 4 is 11.9 Å². The van der Waals surface area contributed by atoms with Gasteiger partial charge in [-0.25, -0.2) is 9.98 Å². The quantitative estimate of drug-likeness (QED) is 0.574. The number of carbonyl (C=O) groups is 1. The number of carbonyl (C=O) groups excluding carboxylic acids is 1. The van der Waals surface area contributed by atoms with Crippen molar-refractivity contribution in [1.29, 1.82) is 0 Å². The molecule has 1 aromatic rings. The number of hydrogen-bond acceptors (Lipinski definition) is 4. The third-order valence-corrected chi connectivity index (χ3v) is 3.60. The van der Waals surface area contributed by atoms with Crippen molar-refractivity contribution in [2.45, 2.75) is 27.3 Å². The fourth-order valence-corrected chi connectivity index (χ4v) is 2.25. The number of likely N-dealkylation sites (N-methyl/N-ethyl adjacent to an activating group) is 2. The summed E-state index contributed by atoms with van der Waals surface area (Å²) in [6.45, 7) is 8.93. The summed E-state index contributed by atoms with van der Waals surface area (Å²) in [7, 11) is 3.46. The van der Waals surface area contributed by atoms with Crippen LogP contribution in [-0.4, -0.2) is 67.0 Å². The molecular weight excluding hydrogens is 306 g/mol. The Labute approximate surface area is 144 Å². The van der Waals surface area contributed by atoms with E-state index >= 15 is 0 Å². The number of ether oxygens (including phenoxy) is 1. The predicted octanol–water partition coefficient (Wildman–Crippen LogP) is 1.36. The molecule has 1 aromatic heterocycles. The third kappa shape index (κ3) is 6.06. The maximum atomic E-state index is 12.3. The van der Waals surface area contributed by atoms with Crippen LogP contribution in [0, 0.1) is 0 Å². The van der Waals surface area contributed by atoms with Crippen LogP contribution in [0.25, 0.3) is 0 Å². The maximum Gasteiger partial charge on any atom is 0.242 e.